The fourth-order valence-electron chi connectivity index (χ4n) is 2.37. The number of allylic oxidation sites excluding steroid dienone is 1. The van der Waals surface area contributed by atoms with Crippen molar-refractivity contribution < 1.29 is 14.0 Å². The van der Waals surface area contributed by atoms with Crippen LogP contribution in [0.1, 0.15) is 36.9 Å². The van der Waals surface area contributed by atoms with E-state index in [0.29, 0.717) is 21.3 Å². The summed E-state index contributed by atoms with van der Waals surface area (Å²) >= 11 is 1.11. The molecule has 136 valence electrons. The van der Waals surface area contributed by atoms with Gasteiger partial charge in [0.05, 0.1) is 10.6 Å². The molecule has 0 saturated carbocycles. The number of aryl methyl sites for hydroxylation is 2. The van der Waals surface area contributed by atoms with E-state index in [1.54, 1.807) is 13.0 Å². The summed E-state index contributed by atoms with van der Waals surface area (Å²) < 4.78 is 13.0. The SMILES string of the molecule is Cc1ccc(/C=C/C(=O)c2sc(NC(=O)c3ccc(F)cc3)nc2C)cc1. The summed E-state index contributed by atoms with van der Waals surface area (Å²) in [6, 6.07) is 13.0. The Morgan fingerprint density at radius 1 is 1.04 bits per heavy atom. The summed E-state index contributed by atoms with van der Waals surface area (Å²) in [6.07, 6.45) is 3.24. The predicted molar refractivity (Wildman–Crippen MR) is 106 cm³/mol. The number of carbonyl (C=O) groups excluding carboxylic acids is 2. The van der Waals surface area contributed by atoms with E-state index >= 15 is 0 Å². The van der Waals surface area contributed by atoms with Gasteiger partial charge in [-0.3, -0.25) is 14.9 Å². The lowest BCUT2D eigenvalue weighted by atomic mass is 10.1. The number of rotatable bonds is 5. The molecule has 0 aliphatic carbocycles. The van der Waals surface area contributed by atoms with Gasteiger partial charge in [-0.1, -0.05) is 47.2 Å². The Hall–Kier alpha value is -3.12. The van der Waals surface area contributed by atoms with E-state index in [2.05, 4.69) is 10.3 Å². The van der Waals surface area contributed by atoms with Gasteiger partial charge in [0, 0.05) is 5.56 Å². The van der Waals surface area contributed by atoms with E-state index in [0.717, 1.165) is 22.5 Å². The first kappa shape index (κ1) is 18.7. The number of hydrogen-bond donors (Lipinski definition) is 1. The lowest BCUT2D eigenvalue weighted by molar-refractivity contribution is 0.102. The third kappa shape index (κ3) is 4.74. The van der Waals surface area contributed by atoms with Gasteiger partial charge in [0.15, 0.2) is 10.9 Å². The highest BCUT2D eigenvalue weighted by Crippen LogP contribution is 2.24. The van der Waals surface area contributed by atoms with Crippen LogP contribution in [-0.2, 0) is 0 Å². The second-order valence-electron chi connectivity index (χ2n) is 6.00. The number of aromatic nitrogens is 1. The zero-order valence-corrected chi connectivity index (χ0v) is 15.6. The summed E-state index contributed by atoms with van der Waals surface area (Å²) in [5.41, 5.74) is 2.95. The van der Waals surface area contributed by atoms with Crippen molar-refractivity contribution in [3.05, 3.63) is 87.7 Å². The topological polar surface area (TPSA) is 59.1 Å². The van der Waals surface area contributed by atoms with E-state index in [1.807, 2.05) is 31.2 Å². The minimum absolute atomic E-state index is 0.173. The summed E-state index contributed by atoms with van der Waals surface area (Å²) in [6.45, 7) is 3.72. The summed E-state index contributed by atoms with van der Waals surface area (Å²) in [5, 5.41) is 2.97. The Balaban J connectivity index is 1.71. The van der Waals surface area contributed by atoms with Gasteiger partial charge in [-0.15, -0.1) is 0 Å². The van der Waals surface area contributed by atoms with Gasteiger partial charge < -0.3 is 0 Å². The van der Waals surface area contributed by atoms with Crippen LogP contribution in [0.25, 0.3) is 6.08 Å². The number of thiazole rings is 1. The van der Waals surface area contributed by atoms with Crippen LogP contribution in [0.5, 0.6) is 0 Å². The summed E-state index contributed by atoms with van der Waals surface area (Å²) in [7, 11) is 0. The van der Waals surface area contributed by atoms with E-state index in [1.165, 1.54) is 30.3 Å². The molecule has 0 radical (unpaired) electrons. The second-order valence-corrected chi connectivity index (χ2v) is 7.00. The standard InChI is InChI=1S/C21H17FN2O2S/c1-13-3-5-15(6-4-13)7-12-18(25)19-14(2)23-21(27-19)24-20(26)16-8-10-17(22)11-9-16/h3-12H,1-2H3,(H,23,24,26)/b12-7+. The molecule has 1 amide bonds. The number of nitrogens with one attached hydrogen (secondary N) is 1. The van der Waals surface area contributed by atoms with Crippen molar-refractivity contribution in [2.45, 2.75) is 13.8 Å². The number of anilines is 1. The summed E-state index contributed by atoms with van der Waals surface area (Å²) in [4.78, 5) is 29.3. The van der Waals surface area contributed by atoms with Crippen LogP contribution < -0.4 is 5.32 Å². The lowest BCUT2D eigenvalue weighted by Crippen LogP contribution is -2.11. The fourth-order valence-corrected chi connectivity index (χ4v) is 3.26. The molecule has 1 heterocycles. The van der Waals surface area contributed by atoms with Crippen molar-refractivity contribution >= 4 is 34.2 Å². The highest BCUT2D eigenvalue weighted by atomic mass is 32.1. The maximum atomic E-state index is 13.0. The van der Waals surface area contributed by atoms with Gasteiger partial charge in [-0.05, 0) is 49.8 Å². The number of benzene rings is 2. The molecular weight excluding hydrogens is 363 g/mol. The Morgan fingerprint density at radius 2 is 1.70 bits per heavy atom. The molecular formula is C21H17FN2O2S. The third-order valence-corrected chi connectivity index (χ3v) is 4.94. The average molecular weight is 380 g/mol. The molecule has 0 atom stereocenters. The molecule has 3 aromatic rings. The molecule has 6 heteroatoms. The van der Waals surface area contributed by atoms with Crippen molar-refractivity contribution in [3.63, 3.8) is 0 Å². The Morgan fingerprint density at radius 3 is 2.37 bits per heavy atom. The van der Waals surface area contributed by atoms with E-state index < -0.39 is 11.7 Å². The Bertz CT molecular complexity index is 1010. The molecule has 2 aromatic carbocycles. The number of amides is 1. The number of ketones is 1. The number of hydrogen-bond acceptors (Lipinski definition) is 4. The van der Waals surface area contributed by atoms with Crippen molar-refractivity contribution in [2.24, 2.45) is 0 Å². The highest BCUT2D eigenvalue weighted by Gasteiger charge is 2.15. The van der Waals surface area contributed by atoms with Gasteiger partial charge in [-0.25, -0.2) is 9.37 Å². The second kappa shape index (κ2) is 8.05. The predicted octanol–water partition coefficient (Wildman–Crippen LogP) is 5.05. The average Bonchev–Trinajstić information content (AvgIpc) is 3.01. The fraction of sp³-hybridized carbons (Fsp3) is 0.0952. The van der Waals surface area contributed by atoms with Gasteiger partial charge >= 0.3 is 0 Å². The smallest absolute Gasteiger partial charge is 0.257 e. The first-order valence-electron chi connectivity index (χ1n) is 8.26. The van der Waals surface area contributed by atoms with Crippen LogP contribution in [-0.4, -0.2) is 16.7 Å². The van der Waals surface area contributed by atoms with Crippen LogP contribution in [0.3, 0.4) is 0 Å². The molecule has 3 rings (SSSR count). The number of halogens is 1. The molecule has 0 bridgehead atoms. The zero-order valence-electron chi connectivity index (χ0n) is 14.8. The van der Waals surface area contributed by atoms with Crippen molar-refractivity contribution in [2.75, 3.05) is 5.32 Å². The maximum absolute atomic E-state index is 13.0. The minimum atomic E-state index is -0.412. The van der Waals surface area contributed by atoms with Gasteiger partial charge in [0.2, 0.25) is 0 Å². The van der Waals surface area contributed by atoms with E-state index in [9.17, 15) is 14.0 Å². The summed E-state index contributed by atoms with van der Waals surface area (Å²) in [5.74, 6) is -0.990. The van der Waals surface area contributed by atoms with E-state index in [-0.39, 0.29) is 5.78 Å². The van der Waals surface area contributed by atoms with Crippen LogP contribution in [0.2, 0.25) is 0 Å². The molecule has 0 fully saturated rings. The van der Waals surface area contributed by atoms with Crippen molar-refractivity contribution in [3.8, 4) is 0 Å². The normalized spacial score (nSPS) is 10.9. The Kier molecular flexibility index (Phi) is 5.57. The molecule has 0 aliphatic heterocycles. The molecule has 1 N–H and O–H groups in total. The minimum Gasteiger partial charge on any atom is -0.298 e. The monoisotopic (exact) mass is 380 g/mol. The van der Waals surface area contributed by atoms with Gasteiger partial charge in [0.25, 0.3) is 5.91 Å². The molecule has 0 aliphatic rings. The number of nitrogens with zero attached hydrogens (tertiary/aromatic N) is 1. The van der Waals surface area contributed by atoms with Crippen LogP contribution in [0, 0.1) is 19.7 Å². The largest absolute Gasteiger partial charge is 0.298 e. The first-order chi connectivity index (χ1) is 12.9. The van der Waals surface area contributed by atoms with Crippen LogP contribution >= 0.6 is 11.3 Å². The Labute approximate surface area is 160 Å². The van der Waals surface area contributed by atoms with Crippen LogP contribution in [0.15, 0.2) is 54.6 Å². The molecule has 1 aromatic heterocycles. The van der Waals surface area contributed by atoms with Gasteiger partial charge in [-0.2, -0.15) is 0 Å². The first-order valence-corrected chi connectivity index (χ1v) is 9.07. The molecule has 27 heavy (non-hydrogen) atoms. The molecule has 0 spiro atoms. The van der Waals surface area contributed by atoms with Gasteiger partial charge in [0.1, 0.15) is 5.82 Å². The zero-order chi connectivity index (χ0) is 19.4. The molecule has 0 saturated heterocycles. The maximum Gasteiger partial charge on any atom is 0.257 e. The number of carbonyl (C=O) groups is 2. The third-order valence-electron chi connectivity index (χ3n) is 3.85. The molecule has 4 nitrogen and oxygen atoms in total. The lowest BCUT2D eigenvalue weighted by Gasteiger charge is -2.00. The van der Waals surface area contributed by atoms with E-state index in [4.69, 9.17) is 0 Å². The van der Waals surface area contributed by atoms with Crippen molar-refractivity contribution in [1.29, 1.82) is 0 Å². The van der Waals surface area contributed by atoms with Crippen molar-refractivity contribution in [1.82, 2.24) is 4.98 Å². The highest BCUT2D eigenvalue weighted by molar-refractivity contribution is 7.18. The van der Waals surface area contributed by atoms with Crippen LogP contribution in [0.4, 0.5) is 9.52 Å². The molecule has 0 unspecified atom stereocenters. The quantitative estimate of drug-likeness (QED) is 0.498.